The van der Waals surface area contributed by atoms with Crippen molar-refractivity contribution in [2.24, 2.45) is 5.92 Å². The Morgan fingerprint density at radius 2 is 1.71 bits per heavy atom. The first-order valence-corrected chi connectivity index (χ1v) is 9.59. The lowest BCUT2D eigenvalue weighted by Crippen LogP contribution is -2.44. The zero-order valence-corrected chi connectivity index (χ0v) is 15.6. The molecule has 3 aromatic rings. The van der Waals surface area contributed by atoms with Gasteiger partial charge in [0.1, 0.15) is 0 Å². The Bertz CT molecular complexity index is 849. The van der Waals surface area contributed by atoms with Gasteiger partial charge in [-0.15, -0.1) is 0 Å². The van der Waals surface area contributed by atoms with E-state index in [-0.39, 0.29) is 17.9 Å². The van der Waals surface area contributed by atoms with E-state index in [4.69, 9.17) is 0 Å². The van der Waals surface area contributed by atoms with Gasteiger partial charge in [-0.25, -0.2) is 9.97 Å². The maximum Gasteiger partial charge on any atom is 0.225 e. The summed E-state index contributed by atoms with van der Waals surface area (Å²) in [5, 5.41) is 3.22. The predicted molar refractivity (Wildman–Crippen MR) is 108 cm³/mol. The molecule has 0 unspecified atom stereocenters. The summed E-state index contributed by atoms with van der Waals surface area (Å²) in [6, 6.07) is 17.3. The van der Waals surface area contributed by atoms with Crippen molar-refractivity contribution in [1.29, 1.82) is 0 Å². The van der Waals surface area contributed by atoms with E-state index in [1.165, 1.54) is 0 Å². The van der Waals surface area contributed by atoms with Gasteiger partial charge in [-0.05, 0) is 36.6 Å². The van der Waals surface area contributed by atoms with Crippen LogP contribution >= 0.6 is 0 Å². The minimum absolute atomic E-state index is 0.0418. The quantitative estimate of drug-likeness (QED) is 0.744. The van der Waals surface area contributed by atoms with Gasteiger partial charge in [-0.2, -0.15) is 0 Å². The molecule has 4 rings (SSSR count). The number of carbonyl (C=O) groups is 1. The predicted octanol–water partition coefficient (Wildman–Crippen LogP) is 2.99. The number of anilines is 1. The van der Waals surface area contributed by atoms with Crippen LogP contribution in [-0.4, -0.2) is 33.9 Å². The molecule has 1 aliphatic rings. The summed E-state index contributed by atoms with van der Waals surface area (Å²) in [6.45, 7) is 1.50. The van der Waals surface area contributed by atoms with Crippen LogP contribution in [0.3, 0.4) is 0 Å². The molecule has 142 valence electrons. The number of carbonyl (C=O) groups excluding carboxylic acids is 1. The molecule has 0 aliphatic carbocycles. The van der Waals surface area contributed by atoms with E-state index in [0.29, 0.717) is 12.5 Å². The minimum Gasteiger partial charge on any atom is -0.343 e. The lowest BCUT2D eigenvalue weighted by Gasteiger charge is -2.32. The van der Waals surface area contributed by atoms with Crippen molar-refractivity contribution in [3.8, 4) is 0 Å². The van der Waals surface area contributed by atoms with Gasteiger partial charge < -0.3 is 10.2 Å². The molecule has 1 aliphatic heterocycles. The van der Waals surface area contributed by atoms with Crippen molar-refractivity contribution >= 4 is 11.9 Å². The SMILES string of the molecule is O=C(N[C@@H](c1ccccc1)c1ccccn1)[C@H]1CCCN(c2ncccn2)C1. The summed E-state index contributed by atoms with van der Waals surface area (Å²) < 4.78 is 0. The van der Waals surface area contributed by atoms with Crippen molar-refractivity contribution in [1.82, 2.24) is 20.3 Å². The third-order valence-corrected chi connectivity index (χ3v) is 5.03. The van der Waals surface area contributed by atoms with Gasteiger partial charge in [0.15, 0.2) is 0 Å². The van der Waals surface area contributed by atoms with E-state index >= 15 is 0 Å². The third kappa shape index (κ3) is 4.17. The number of nitrogens with zero attached hydrogens (tertiary/aromatic N) is 4. The van der Waals surface area contributed by atoms with Crippen LogP contribution < -0.4 is 10.2 Å². The molecular formula is C22H23N5O. The van der Waals surface area contributed by atoms with Crippen molar-refractivity contribution in [3.05, 3.63) is 84.4 Å². The van der Waals surface area contributed by atoms with Crippen molar-refractivity contribution in [2.45, 2.75) is 18.9 Å². The van der Waals surface area contributed by atoms with Gasteiger partial charge in [0.25, 0.3) is 0 Å². The summed E-state index contributed by atoms with van der Waals surface area (Å²) in [6.07, 6.45) is 7.03. The summed E-state index contributed by atoms with van der Waals surface area (Å²) in [5.41, 5.74) is 1.86. The molecule has 1 aromatic carbocycles. The molecule has 6 heteroatoms. The average Bonchev–Trinajstić information content (AvgIpc) is 2.79. The fourth-order valence-electron chi connectivity index (χ4n) is 3.61. The summed E-state index contributed by atoms with van der Waals surface area (Å²) >= 11 is 0. The summed E-state index contributed by atoms with van der Waals surface area (Å²) in [5.74, 6) is 0.622. The van der Waals surface area contributed by atoms with Crippen LogP contribution in [0.25, 0.3) is 0 Å². The number of benzene rings is 1. The fraction of sp³-hybridized carbons (Fsp3) is 0.273. The smallest absolute Gasteiger partial charge is 0.225 e. The Hall–Kier alpha value is -3.28. The molecule has 0 spiro atoms. The van der Waals surface area contributed by atoms with E-state index in [0.717, 1.165) is 30.6 Å². The van der Waals surface area contributed by atoms with Gasteiger partial charge in [-0.3, -0.25) is 9.78 Å². The van der Waals surface area contributed by atoms with Crippen LogP contribution in [0.2, 0.25) is 0 Å². The second-order valence-corrected chi connectivity index (χ2v) is 6.94. The molecule has 0 saturated carbocycles. The molecule has 0 bridgehead atoms. The topological polar surface area (TPSA) is 71.0 Å². The highest BCUT2D eigenvalue weighted by Gasteiger charge is 2.29. The lowest BCUT2D eigenvalue weighted by atomic mass is 9.95. The molecule has 6 nitrogen and oxygen atoms in total. The van der Waals surface area contributed by atoms with Gasteiger partial charge >= 0.3 is 0 Å². The second-order valence-electron chi connectivity index (χ2n) is 6.94. The number of nitrogens with one attached hydrogen (secondary N) is 1. The molecule has 1 amide bonds. The average molecular weight is 373 g/mol. The van der Waals surface area contributed by atoms with Crippen molar-refractivity contribution < 1.29 is 4.79 Å². The number of amides is 1. The van der Waals surface area contributed by atoms with E-state index in [9.17, 15) is 4.79 Å². The highest BCUT2D eigenvalue weighted by atomic mass is 16.2. The molecule has 28 heavy (non-hydrogen) atoms. The van der Waals surface area contributed by atoms with Crippen LogP contribution in [0.1, 0.15) is 30.1 Å². The Morgan fingerprint density at radius 3 is 2.46 bits per heavy atom. The van der Waals surface area contributed by atoms with E-state index < -0.39 is 0 Å². The summed E-state index contributed by atoms with van der Waals surface area (Å²) in [4.78, 5) is 28.3. The fourth-order valence-corrected chi connectivity index (χ4v) is 3.61. The Morgan fingerprint density at radius 1 is 0.964 bits per heavy atom. The van der Waals surface area contributed by atoms with E-state index in [2.05, 4.69) is 25.2 Å². The number of pyridine rings is 1. The van der Waals surface area contributed by atoms with Crippen LogP contribution in [0.4, 0.5) is 5.95 Å². The number of hydrogen-bond donors (Lipinski definition) is 1. The molecule has 0 radical (unpaired) electrons. The van der Waals surface area contributed by atoms with Crippen molar-refractivity contribution in [3.63, 3.8) is 0 Å². The van der Waals surface area contributed by atoms with Gasteiger partial charge in [-0.1, -0.05) is 36.4 Å². The zero-order chi connectivity index (χ0) is 19.2. The first-order chi connectivity index (χ1) is 13.8. The maximum absolute atomic E-state index is 13.1. The molecular weight excluding hydrogens is 350 g/mol. The standard InChI is InChI=1S/C22H23N5O/c28-21(18-10-6-15-27(16-18)22-24-13-7-14-25-22)26-20(17-8-2-1-3-9-17)19-11-4-5-12-23-19/h1-5,7-9,11-14,18,20H,6,10,15-16H2,(H,26,28)/t18-,20-/m0/s1. The molecule has 1 fully saturated rings. The van der Waals surface area contributed by atoms with Gasteiger partial charge in [0, 0.05) is 31.7 Å². The molecule has 2 aromatic heterocycles. The van der Waals surface area contributed by atoms with Crippen LogP contribution in [0.5, 0.6) is 0 Å². The molecule has 1 N–H and O–H groups in total. The monoisotopic (exact) mass is 373 g/mol. The normalized spacial score (nSPS) is 17.7. The third-order valence-electron chi connectivity index (χ3n) is 5.03. The van der Waals surface area contributed by atoms with Crippen LogP contribution in [0.15, 0.2) is 73.2 Å². The van der Waals surface area contributed by atoms with E-state index in [1.54, 1.807) is 24.7 Å². The van der Waals surface area contributed by atoms with Crippen molar-refractivity contribution in [2.75, 3.05) is 18.0 Å². The Kier molecular flexibility index (Phi) is 5.56. The van der Waals surface area contributed by atoms with Crippen LogP contribution in [-0.2, 0) is 4.79 Å². The highest BCUT2D eigenvalue weighted by Crippen LogP contribution is 2.24. The number of piperidine rings is 1. The number of rotatable bonds is 5. The largest absolute Gasteiger partial charge is 0.343 e. The second kappa shape index (κ2) is 8.61. The zero-order valence-electron chi connectivity index (χ0n) is 15.6. The summed E-state index contributed by atoms with van der Waals surface area (Å²) in [7, 11) is 0. The first-order valence-electron chi connectivity index (χ1n) is 9.59. The minimum atomic E-state index is -0.266. The number of aromatic nitrogens is 3. The lowest BCUT2D eigenvalue weighted by molar-refractivity contribution is -0.125. The number of hydrogen-bond acceptors (Lipinski definition) is 5. The van der Waals surface area contributed by atoms with Gasteiger partial charge in [0.05, 0.1) is 17.7 Å². The molecule has 1 saturated heterocycles. The first kappa shape index (κ1) is 18.1. The van der Waals surface area contributed by atoms with E-state index in [1.807, 2.05) is 48.5 Å². The van der Waals surface area contributed by atoms with Gasteiger partial charge in [0.2, 0.25) is 11.9 Å². The molecule has 3 heterocycles. The maximum atomic E-state index is 13.1. The molecule has 2 atom stereocenters. The van der Waals surface area contributed by atoms with Crippen LogP contribution in [0, 0.1) is 5.92 Å². The Labute approximate surface area is 164 Å². The highest BCUT2D eigenvalue weighted by molar-refractivity contribution is 5.80. The Balaban J connectivity index is 1.51.